The number of benzene rings is 2. The molecule has 0 amide bonds. The van der Waals surface area contributed by atoms with Gasteiger partial charge in [-0.25, -0.2) is 4.98 Å². The maximum Gasteiger partial charge on any atom is 0.225 e. The molecule has 6 heteroatoms. The van der Waals surface area contributed by atoms with E-state index >= 15 is 0 Å². The van der Waals surface area contributed by atoms with Gasteiger partial charge in [-0.2, -0.15) is 4.98 Å². The Morgan fingerprint density at radius 3 is 2.58 bits per heavy atom. The highest BCUT2D eigenvalue weighted by molar-refractivity contribution is 5.88. The summed E-state index contributed by atoms with van der Waals surface area (Å²) < 4.78 is 10.6. The summed E-state index contributed by atoms with van der Waals surface area (Å²) in [5, 5.41) is 4.08. The lowest BCUT2D eigenvalue weighted by atomic mass is 10.1. The summed E-state index contributed by atoms with van der Waals surface area (Å²) in [7, 11) is 3.26. The highest BCUT2D eigenvalue weighted by Crippen LogP contribution is 2.27. The smallest absolute Gasteiger partial charge is 0.225 e. The van der Waals surface area contributed by atoms with Crippen LogP contribution in [0.5, 0.6) is 11.5 Å². The van der Waals surface area contributed by atoms with Crippen molar-refractivity contribution in [1.82, 2.24) is 9.97 Å². The number of nitrogens with one attached hydrogen (secondary N) is 1. The summed E-state index contributed by atoms with van der Waals surface area (Å²) in [6, 6.07) is 13.6. The third kappa shape index (κ3) is 3.32. The predicted octanol–water partition coefficient (Wildman–Crippen LogP) is 2.88. The standard InChI is InChI=1S/C18H20N4O2/c1-23-15-8-7-12(11-16(15)24-2)9-10-20-18-21-14-6-4-3-5-13(14)17(19)22-18/h3-8,11H,9-10H2,1-2H3,(H3,19,20,21,22). The predicted molar refractivity (Wildman–Crippen MR) is 95.7 cm³/mol. The van der Waals surface area contributed by atoms with Crippen LogP contribution in [0.2, 0.25) is 0 Å². The molecule has 0 atom stereocenters. The van der Waals surface area contributed by atoms with E-state index < -0.39 is 0 Å². The van der Waals surface area contributed by atoms with Gasteiger partial charge in [0.1, 0.15) is 5.82 Å². The highest BCUT2D eigenvalue weighted by atomic mass is 16.5. The van der Waals surface area contributed by atoms with Crippen molar-refractivity contribution in [3.8, 4) is 11.5 Å². The fraction of sp³-hybridized carbons (Fsp3) is 0.222. The van der Waals surface area contributed by atoms with E-state index in [2.05, 4.69) is 15.3 Å². The number of rotatable bonds is 6. The Morgan fingerprint density at radius 2 is 1.79 bits per heavy atom. The van der Waals surface area contributed by atoms with Crippen molar-refractivity contribution in [2.24, 2.45) is 0 Å². The molecule has 0 aliphatic heterocycles. The summed E-state index contributed by atoms with van der Waals surface area (Å²) in [6.07, 6.45) is 0.802. The van der Waals surface area contributed by atoms with E-state index in [1.54, 1.807) is 14.2 Å². The Morgan fingerprint density at radius 1 is 1.00 bits per heavy atom. The van der Waals surface area contributed by atoms with Gasteiger partial charge in [0.25, 0.3) is 0 Å². The van der Waals surface area contributed by atoms with Crippen molar-refractivity contribution in [1.29, 1.82) is 0 Å². The Balaban J connectivity index is 1.68. The van der Waals surface area contributed by atoms with Crippen molar-refractivity contribution in [2.45, 2.75) is 6.42 Å². The summed E-state index contributed by atoms with van der Waals surface area (Å²) in [5.74, 6) is 2.46. The van der Waals surface area contributed by atoms with Crippen LogP contribution in [0.25, 0.3) is 10.9 Å². The Labute approximate surface area is 140 Å². The van der Waals surface area contributed by atoms with Crippen molar-refractivity contribution in [3.63, 3.8) is 0 Å². The number of aromatic nitrogens is 2. The fourth-order valence-electron chi connectivity index (χ4n) is 2.53. The first kappa shape index (κ1) is 15.9. The molecule has 24 heavy (non-hydrogen) atoms. The molecular weight excluding hydrogens is 304 g/mol. The van der Waals surface area contributed by atoms with E-state index in [0.717, 1.165) is 34.4 Å². The first-order valence-electron chi connectivity index (χ1n) is 7.68. The molecule has 0 saturated heterocycles. The quantitative estimate of drug-likeness (QED) is 0.725. The number of nitrogens with two attached hydrogens (primary N) is 1. The molecule has 1 heterocycles. The normalized spacial score (nSPS) is 10.6. The lowest BCUT2D eigenvalue weighted by Gasteiger charge is -2.10. The average molecular weight is 324 g/mol. The number of methoxy groups -OCH3 is 2. The van der Waals surface area contributed by atoms with Gasteiger partial charge >= 0.3 is 0 Å². The summed E-state index contributed by atoms with van der Waals surface area (Å²) >= 11 is 0. The zero-order valence-corrected chi connectivity index (χ0v) is 13.7. The molecule has 0 aliphatic carbocycles. The van der Waals surface area contributed by atoms with Crippen LogP contribution in [-0.4, -0.2) is 30.7 Å². The van der Waals surface area contributed by atoms with Gasteiger partial charge in [-0.15, -0.1) is 0 Å². The minimum atomic E-state index is 0.481. The van der Waals surface area contributed by atoms with Crippen LogP contribution < -0.4 is 20.5 Å². The van der Waals surface area contributed by atoms with Gasteiger partial charge in [-0.1, -0.05) is 18.2 Å². The fourth-order valence-corrected chi connectivity index (χ4v) is 2.53. The van der Waals surface area contributed by atoms with Gasteiger partial charge in [-0.3, -0.25) is 0 Å². The molecule has 3 rings (SSSR count). The minimum Gasteiger partial charge on any atom is -0.493 e. The molecule has 0 radical (unpaired) electrons. The van der Waals surface area contributed by atoms with Gasteiger partial charge in [0.05, 0.1) is 19.7 Å². The van der Waals surface area contributed by atoms with Crippen molar-refractivity contribution < 1.29 is 9.47 Å². The topological polar surface area (TPSA) is 82.3 Å². The Hall–Kier alpha value is -3.02. The molecule has 0 saturated carbocycles. The van der Waals surface area contributed by atoms with Gasteiger partial charge in [-0.05, 0) is 36.2 Å². The first-order chi connectivity index (χ1) is 11.7. The molecule has 124 valence electrons. The van der Waals surface area contributed by atoms with Crippen LogP contribution in [0.15, 0.2) is 42.5 Å². The average Bonchev–Trinajstić information content (AvgIpc) is 2.61. The second-order valence-corrected chi connectivity index (χ2v) is 5.32. The second kappa shape index (κ2) is 7.04. The lowest BCUT2D eigenvalue weighted by Crippen LogP contribution is -2.09. The number of ether oxygens (including phenoxy) is 2. The largest absolute Gasteiger partial charge is 0.493 e. The number of anilines is 2. The van der Waals surface area contributed by atoms with E-state index in [9.17, 15) is 0 Å². The van der Waals surface area contributed by atoms with Gasteiger partial charge in [0.2, 0.25) is 5.95 Å². The first-order valence-corrected chi connectivity index (χ1v) is 7.68. The Kier molecular flexibility index (Phi) is 4.65. The van der Waals surface area contributed by atoms with E-state index in [0.29, 0.717) is 18.3 Å². The molecule has 6 nitrogen and oxygen atoms in total. The minimum absolute atomic E-state index is 0.481. The van der Waals surface area contributed by atoms with Gasteiger partial charge < -0.3 is 20.5 Å². The molecule has 2 aromatic carbocycles. The van der Waals surface area contributed by atoms with Crippen molar-refractivity contribution in [2.75, 3.05) is 31.8 Å². The van der Waals surface area contributed by atoms with Crippen LogP contribution in [0, 0.1) is 0 Å². The number of para-hydroxylation sites is 1. The summed E-state index contributed by atoms with van der Waals surface area (Å²) in [5.41, 5.74) is 7.95. The molecule has 3 aromatic rings. The molecular formula is C18H20N4O2. The van der Waals surface area contributed by atoms with Crippen LogP contribution in [0.3, 0.4) is 0 Å². The van der Waals surface area contributed by atoms with Crippen LogP contribution in [0.1, 0.15) is 5.56 Å². The van der Waals surface area contributed by atoms with E-state index in [4.69, 9.17) is 15.2 Å². The summed E-state index contributed by atoms with van der Waals surface area (Å²) in [4.78, 5) is 8.79. The number of nitrogen functional groups attached to an aromatic ring is 1. The van der Waals surface area contributed by atoms with Crippen molar-refractivity contribution in [3.05, 3.63) is 48.0 Å². The zero-order valence-electron chi connectivity index (χ0n) is 13.7. The SMILES string of the molecule is COc1ccc(CCNc2nc(N)c3ccccc3n2)cc1OC. The molecule has 3 N–H and O–H groups in total. The van der Waals surface area contributed by atoms with Gasteiger partial charge in [0, 0.05) is 11.9 Å². The third-order valence-electron chi connectivity index (χ3n) is 3.78. The molecule has 1 aromatic heterocycles. The molecule has 0 bridgehead atoms. The molecule has 0 aliphatic rings. The highest BCUT2D eigenvalue weighted by Gasteiger charge is 2.06. The molecule has 0 spiro atoms. The maximum atomic E-state index is 5.99. The van der Waals surface area contributed by atoms with E-state index in [-0.39, 0.29) is 0 Å². The Bertz CT molecular complexity index is 852. The number of hydrogen-bond donors (Lipinski definition) is 2. The third-order valence-corrected chi connectivity index (χ3v) is 3.78. The van der Waals surface area contributed by atoms with E-state index in [1.165, 1.54) is 0 Å². The van der Waals surface area contributed by atoms with E-state index in [1.807, 2.05) is 42.5 Å². The molecule has 0 unspecified atom stereocenters. The maximum absolute atomic E-state index is 5.99. The van der Waals surface area contributed by atoms with Crippen LogP contribution in [0.4, 0.5) is 11.8 Å². The number of hydrogen-bond acceptors (Lipinski definition) is 6. The summed E-state index contributed by atoms with van der Waals surface area (Å²) in [6.45, 7) is 0.688. The monoisotopic (exact) mass is 324 g/mol. The van der Waals surface area contributed by atoms with Gasteiger partial charge in [0.15, 0.2) is 11.5 Å². The van der Waals surface area contributed by atoms with Crippen LogP contribution >= 0.6 is 0 Å². The van der Waals surface area contributed by atoms with Crippen molar-refractivity contribution >= 4 is 22.7 Å². The zero-order chi connectivity index (χ0) is 16.9. The lowest BCUT2D eigenvalue weighted by molar-refractivity contribution is 0.354. The molecule has 0 fully saturated rings. The second-order valence-electron chi connectivity index (χ2n) is 5.32. The van der Waals surface area contributed by atoms with Crippen LogP contribution in [-0.2, 0) is 6.42 Å². The number of nitrogens with zero attached hydrogens (tertiary/aromatic N) is 2. The number of fused-ring (bicyclic) bond motifs is 1.